The standard InChI is InChI=1S/C16H19BrN4/c17-14-7-3-2-6-13(14)11-18-15-10-16(20-12-19-15)21-8-4-1-5-9-21/h2-3,6-7,10,12H,1,4-5,8-9,11H2,(H,18,19,20). The van der Waals surface area contributed by atoms with Crippen molar-refractivity contribution in [3.63, 3.8) is 0 Å². The summed E-state index contributed by atoms with van der Waals surface area (Å²) in [5.41, 5.74) is 1.22. The van der Waals surface area contributed by atoms with Gasteiger partial charge >= 0.3 is 0 Å². The molecule has 0 saturated carbocycles. The first-order valence-corrected chi connectivity index (χ1v) is 8.16. The maximum absolute atomic E-state index is 4.40. The predicted molar refractivity (Wildman–Crippen MR) is 89.6 cm³/mol. The number of hydrogen-bond donors (Lipinski definition) is 1. The van der Waals surface area contributed by atoms with Crippen LogP contribution < -0.4 is 10.2 Å². The van der Waals surface area contributed by atoms with Gasteiger partial charge in [-0.3, -0.25) is 0 Å². The molecule has 0 spiro atoms. The molecule has 3 rings (SSSR count). The Labute approximate surface area is 133 Å². The smallest absolute Gasteiger partial charge is 0.134 e. The molecule has 1 saturated heterocycles. The van der Waals surface area contributed by atoms with Crippen LogP contribution in [0, 0.1) is 0 Å². The summed E-state index contributed by atoms with van der Waals surface area (Å²) < 4.78 is 1.11. The van der Waals surface area contributed by atoms with Gasteiger partial charge in [-0.2, -0.15) is 0 Å². The zero-order valence-electron chi connectivity index (χ0n) is 11.9. The van der Waals surface area contributed by atoms with Crippen LogP contribution >= 0.6 is 15.9 Å². The van der Waals surface area contributed by atoms with E-state index in [2.05, 4.69) is 48.2 Å². The van der Waals surface area contributed by atoms with E-state index in [-0.39, 0.29) is 0 Å². The molecule has 1 aromatic heterocycles. The third-order valence-corrected chi connectivity index (χ3v) is 4.52. The van der Waals surface area contributed by atoms with Crippen LogP contribution in [0.3, 0.4) is 0 Å². The first-order chi connectivity index (χ1) is 10.3. The fourth-order valence-corrected chi connectivity index (χ4v) is 2.99. The molecule has 1 fully saturated rings. The minimum absolute atomic E-state index is 0.748. The number of rotatable bonds is 4. The van der Waals surface area contributed by atoms with E-state index in [1.807, 2.05) is 18.2 Å². The van der Waals surface area contributed by atoms with Gasteiger partial charge in [-0.05, 0) is 30.9 Å². The van der Waals surface area contributed by atoms with Gasteiger partial charge in [0.05, 0.1) is 0 Å². The first-order valence-electron chi connectivity index (χ1n) is 7.37. The lowest BCUT2D eigenvalue weighted by atomic mass is 10.1. The highest BCUT2D eigenvalue weighted by Gasteiger charge is 2.12. The molecule has 0 unspecified atom stereocenters. The average Bonchev–Trinajstić information content (AvgIpc) is 2.55. The molecule has 1 aromatic carbocycles. The van der Waals surface area contributed by atoms with Crippen LogP contribution in [0.4, 0.5) is 11.6 Å². The van der Waals surface area contributed by atoms with E-state index >= 15 is 0 Å². The lowest BCUT2D eigenvalue weighted by Gasteiger charge is -2.27. The Morgan fingerprint density at radius 1 is 1.10 bits per heavy atom. The molecule has 2 heterocycles. The van der Waals surface area contributed by atoms with E-state index in [9.17, 15) is 0 Å². The number of anilines is 2. The van der Waals surface area contributed by atoms with Crippen molar-refractivity contribution in [3.05, 3.63) is 46.7 Å². The minimum Gasteiger partial charge on any atom is -0.366 e. The van der Waals surface area contributed by atoms with Crippen LogP contribution in [-0.2, 0) is 6.54 Å². The Hall–Kier alpha value is -1.62. The van der Waals surface area contributed by atoms with Crippen molar-refractivity contribution in [2.45, 2.75) is 25.8 Å². The van der Waals surface area contributed by atoms with Crippen molar-refractivity contribution < 1.29 is 0 Å². The largest absolute Gasteiger partial charge is 0.366 e. The lowest BCUT2D eigenvalue weighted by Crippen LogP contribution is -2.30. The Morgan fingerprint density at radius 2 is 1.90 bits per heavy atom. The van der Waals surface area contributed by atoms with Crippen LogP contribution in [0.25, 0.3) is 0 Å². The summed E-state index contributed by atoms with van der Waals surface area (Å²) in [7, 11) is 0. The summed E-state index contributed by atoms with van der Waals surface area (Å²) in [6.07, 6.45) is 5.48. The molecule has 0 radical (unpaired) electrons. The van der Waals surface area contributed by atoms with Gasteiger partial charge in [0.2, 0.25) is 0 Å². The quantitative estimate of drug-likeness (QED) is 0.912. The maximum atomic E-state index is 4.40. The molecule has 0 aliphatic carbocycles. The van der Waals surface area contributed by atoms with E-state index in [4.69, 9.17) is 0 Å². The molecule has 1 aliphatic rings. The molecule has 0 bridgehead atoms. The number of aromatic nitrogens is 2. The fourth-order valence-electron chi connectivity index (χ4n) is 2.57. The third-order valence-electron chi connectivity index (χ3n) is 3.75. The van der Waals surface area contributed by atoms with Crippen LogP contribution in [0.2, 0.25) is 0 Å². The number of halogens is 1. The topological polar surface area (TPSA) is 41.0 Å². The second-order valence-electron chi connectivity index (χ2n) is 5.25. The highest BCUT2D eigenvalue weighted by Crippen LogP contribution is 2.20. The van der Waals surface area contributed by atoms with Gasteiger partial charge in [0.1, 0.15) is 18.0 Å². The van der Waals surface area contributed by atoms with Gasteiger partial charge in [0.15, 0.2) is 0 Å². The molecule has 21 heavy (non-hydrogen) atoms. The van der Waals surface area contributed by atoms with Crippen LogP contribution in [0.15, 0.2) is 41.1 Å². The van der Waals surface area contributed by atoms with E-state index in [0.717, 1.165) is 35.7 Å². The zero-order chi connectivity index (χ0) is 14.5. The predicted octanol–water partition coefficient (Wildman–Crippen LogP) is 3.84. The second-order valence-corrected chi connectivity index (χ2v) is 6.11. The van der Waals surface area contributed by atoms with Gasteiger partial charge < -0.3 is 10.2 Å². The Morgan fingerprint density at radius 3 is 2.71 bits per heavy atom. The van der Waals surface area contributed by atoms with Crippen molar-refractivity contribution in [2.75, 3.05) is 23.3 Å². The monoisotopic (exact) mass is 346 g/mol. The SMILES string of the molecule is Brc1ccccc1CNc1cc(N2CCCCC2)ncn1. The molecule has 2 aromatic rings. The number of nitrogens with one attached hydrogen (secondary N) is 1. The molecule has 1 N–H and O–H groups in total. The molecular weight excluding hydrogens is 328 g/mol. The molecule has 4 nitrogen and oxygen atoms in total. The van der Waals surface area contributed by atoms with Crippen LogP contribution in [0.1, 0.15) is 24.8 Å². The summed E-state index contributed by atoms with van der Waals surface area (Å²) in [6, 6.07) is 10.3. The number of nitrogens with zero attached hydrogens (tertiary/aromatic N) is 3. The van der Waals surface area contributed by atoms with Crippen LogP contribution in [-0.4, -0.2) is 23.1 Å². The van der Waals surface area contributed by atoms with Gasteiger partial charge in [0.25, 0.3) is 0 Å². The maximum Gasteiger partial charge on any atom is 0.134 e. The Balaban J connectivity index is 1.67. The Kier molecular flexibility index (Phi) is 4.70. The average molecular weight is 347 g/mol. The summed E-state index contributed by atoms with van der Waals surface area (Å²) in [6.45, 7) is 2.94. The van der Waals surface area contributed by atoms with Gasteiger partial charge in [-0.25, -0.2) is 9.97 Å². The molecule has 0 amide bonds. The highest BCUT2D eigenvalue weighted by molar-refractivity contribution is 9.10. The van der Waals surface area contributed by atoms with Crippen molar-refractivity contribution in [3.8, 4) is 0 Å². The third kappa shape index (κ3) is 3.73. The van der Waals surface area contributed by atoms with E-state index in [1.165, 1.54) is 24.8 Å². The fraction of sp³-hybridized carbons (Fsp3) is 0.375. The number of hydrogen-bond acceptors (Lipinski definition) is 4. The van der Waals surface area contributed by atoms with Gasteiger partial charge in [-0.1, -0.05) is 34.1 Å². The molecule has 0 atom stereocenters. The van der Waals surface area contributed by atoms with Gasteiger partial charge in [-0.15, -0.1) is 0 Å². The van der Waals surface area contributed by atoms with Crippen LogP contribution in [0.5, 0.6) is 0 Å². The lowest BCUT2D eigenvalue weighted by molar-refractivity contribution is 0.573. The highest BCUT2D eigenvalue weighted by atomic mass is 79.9. The number of piperidine rings is 1. The van der Waals surface area contributed by atoms with E-state index in [1.54, 1.807) is 6.33 Å². The van der Waals surface area contributed by atoms with E-state index in [0.29, 0.717) is 0 Å². The normalized spacial score (nSPS) is 15.0. The minimum atomic E-state index is 0.748. The van der Waals surface area contributed by atoms with E-state index < -0.39 is 0 Å². The van der Waals surface area contributed by atoms with Crippen molar-refractivity contribution in [2.24, 2.45) is 0 Å². The molecule has 1 aliphatic heterocycles. The number of benzene rings is 1. The van der Waals surface area contributed by atoms with Crippen molar-refractivity contribution in [1.82, 2.24) is 9.97 Å². The van der Waals surface area contributed by atoms with Crippen molar-refractivity contribution >= 4 is 27.6 Å². The molecular formula is C16H19BrN4. The van der Waals surface area contributed by atoms with Gasteiger partial charge in [0, 0.05) is 30.2 Å². The second kappa shape index (κ2) is 6.89. The molecule has 110 valence electrons. The summed E-state index contributed by atoms with van der Waals surface area (Å²) in [5.74, 6) is 1.90. The molecule has 5 heteroatoms. The summed E-state index contributed by atoms with van der Waals surface area (Å²) in [4.78, 5) is 11.1. The summed E-state index contributed by atoms with van der Waals surface area (Å²) >= 11 is 3.57. The zero-order valence-corrected chi connectivity index (χ0v) is 13.5. The Bertz CT molecular complexity index is 596. The van der Waals surface area contributed by atoms with Crippen molar-refractivity contribution in [1.29, 1.82) is 0 Å². The first kappa shape index (κ1) is 14.3. The summed E-state index contributed by atoms with van der Waals surface area (Å²) in [5, 5.41) is 3.37.